The standard InChI is InChI=1S/C16H11Cl2F3N6O2S/c1-7-9(6-22-24-14(28)12-13(16(19,20)21)23-26-30-12)15(27(2)25-7)29-11-4-3-8(17)5-10(11)18/h3-6H,1-2H3,(H,24,28)/b22-6+. The van der Waals surface area contributed by atoms with Gasteiger partial charge in [0.2, 0.25) is 5.88 Å². The van der Waals surface area contributed by atoms with Gasteiger partial charge in [0.25, 0.3) is 5.91 Å². The molecule has 1 aromatic carbocycles. The highest BCUT2D eigenvalue weighted by molar-refractivity contribution is 7.08. The zero-order valence-corrected chi connectivity index (χ0v) is 17.5. The monoisotopic (exact) mass is 478 g/mol. The summed E-state index contributed by atoms with van der Waals surface area (Å²) < 4.78 is 48.9. The van der Waals surface area contributed by atoms with Crippen molar-refractivity contribution in [2.75, 3.05) is 0 Å². The lowest BCUT2D eigenvalue weighted by atomic mass is 10.3. The molecular weight excluding hydrogens is 468 g/mol. The van der Waals surface area contributed by atoms with Crippen LogP contribution in [0.2, 0.25) is 10.0 Å². The Morgan fingerprint density at radius 1 is 1.37 bits per heavy atom. The number of benzene rings is 1. The molecule has 0 fully saturated rings. The van der Waals surface area contributed by atoms with E-state index >= 15 is 0 Å². The Morgan fingerprint density at radius 2 is 2.10 bits per heavy atom. The van der Waals surface area contributed by atoms with Crippen molar-refractivity contribution < 1.29 is 22.7 Å². The molecule has 0 spiro atoms. The van der Waals surface area contributed by atoms with Crippen molar-refractivity contribution in [2.24, 2.45) is 12.1 Å². The summed E-state index contributed by atoms with van der Waals surface area (Å²) in [6.45, 7) is 1.66. The van der Waals surface area contributed by atoms with Gasteiger partial charge in [-0.05, 0) is 36.7 Å². The number of aryl methyl sites for hydroxylation is 2. The fraction of sp³-hybridized carbons (Fsp3) is 0.188. The van der Waals surface area contributed by atoms with E-state index in [4.69, 9.17) is 27.9 Å². The first-order valence-corrected chi connectivity index (χ1v) is 9.50. The summed E-state index contributed by atoms with van der Waals surface area (Å²) in [6.07, 6.45) is -3.61. The molecule has 0 aliphatic rings. The van der Waals surface area contributed by atoms with E-state index in [1.54, 1.807) is 26.1 Å². The molecule has 8 nitrogen and oxygen atoms in total. The van der Waals surface area contributed by atoms with E-state index in [0.717, 1.165) is 0 Å². The second kappa shape index (κ2) is 8.58. The van der Waals surface area contributed by atoms with Gasteiger partial charge in [-0.15, -0.1) is 5.10 Å². The van der Waals surface area contributed by atoms with Crippen LogP contribution in [0.3, 0.4) is 0 Å². The summed E-state index contributed by atoms with van der Waals surface area (Å²) in [5.74, 6) is -0.559. The van der Waals surface area contributed by atoms with Crippen molar-refractivity contribution in [3.8, 4) is 11.6 Å². The number of alkyl halides is 3. The Morgan fingerprint density at radius 3 is 2.77 bits per heavy atom. The molecule has 0 radical (unpaired) electrons. The highest BCUT2D eigenvalue weighted by Gasteiger charge is 2.39. The first kappa shape index (κ1) is 22.0. The minimum Gasteiger partial charge on any atom is -0.437 e. The van der Waals surface area contributed by atoms with Gasteiger partial charge in [0.15, 0.2) is 5.69 Å². The molecule has 1 amide bonds. The van der Waals surface area contributed by atoms with Gasteiger partial charge in [-0.2, -0.15) is 23.4 Å². The van der Waals surface area contributed by atoms with Gasteiger partial charge < -0.3 is 4.74 Å². The number of hydrazone groups is 1. The fourth-order valence-electron chi connectivity index (χ4n) is 2.32. The Kier molecular flexibility index (Phi) is 6.29. The summed E-state index contributed by atoms with van der Waals surface area (Å²) in [4.78, 5) is 11.3. The van der Waals surface area contributed by atoms with Gasteiger partial charge in [0.05, 0.1) is 22.5 Å². The molecule has 0 atom stereocenters. The molecule has 0 unspecified atom stereocenters. The van der Waals surface area contributed by atoms with Crippen molar-refractivity contribution in [2.45, 2.75) is 13.1 Å². The number of aromatic nitrogens is 4. The van der Waals surface area contributed by atoms with E-state index in [1.807, 2.05) is 5.43 Å². The van der Waals surface area contributed by atoms with E-state index in [9.17, 15) is 18.0 Å². The van der Waals surface area contributed by atoms with E-state index < -0.39 is 22.7 Å². The van der Waals surface area contributed by atoms with Gasteiger partial charge in [-0.3, -0.25) is 4.79 Å². The summed E-state index contributed by atoms with van der Waals surface area (Å²) in [7, 11) is 1.61. The number of ether oxygens (including phenoxy) is 1. The third-order valence-electron chi connectivity index (χ3n) is 3.64. The zero-order valence-electron chi connectivity index (χ0n) is 15.2. The van der Waals surface area contributed by atoms with Crippen molar-refractivity contribution in [3.63, 3.8) is 0 Å². The number of carbonyl (C=O) groups excluding carboxylic acids is 1. The largest absolute Gasteiger partial charge is 0.437 e. The second-order valence-corrected chi connectivity index (χ2v) is 7.35. The van der Waals surface area contributed by atoms with Crippen LogP contribution in [-0.2, 0) is 13.2 Å². The number of halogens is 5. The highest BCUT2D eigenvalue weighted by Crippen LogP contribution is 2.33. The van der Waals surface area contributed by atoms with Crippen LogP contribution in [0.5, 0.6) is 11.6 Å². The van der Waals surface area contributed by atoms with E-state index in [2.05, 4.69) is 19.8 Å². The van der Waals surface area contributed by atoms with Crippen molar-refractivity contribution in [3.05, 3.63) is 50.1 Å². The van der Waals surface area contributed by atoms with Crippen molar-refractivity contribution in [1.82, 2.24) is 24.8 Å². The van der Waals surface area contributed by atoms with Crippen LogP contribution in [-0.4, -0.2) is 31.5 Å². The number of hydrogen-bond acceptors (Lipinski definition) is 7. The highest BCUT2D eigenvalue weighted by atomic mass is 35.5. The Bertz CT molecular complexity index is 1130. The lowest BCUT2D eigenvalue weighted by Gasteiger charge is -2.09. The predicted octanol–water partition coefficient (Wildman–Crippen LogP) is 4.46. The summed E-state index contributed by atoms with van der Waals surface area (Å²) in [5, 5.41) is 11.5. The molecule has 1 N–H and O–H groups in total. The molecule has 0 aliphatic carbocycles. The maximum atomic E-state index is 12.8. The minimum atomic E-state index is -4.80. The SMILES string of the molecule is Cc1nn(C)c(Oc2ccc(Cl)cc2Cl)c1/C=N/NC(=O)c1snnc1C(F)(F)F. The molecule has 158 valence electrons. The number of hydrogen-bond donors (Lipinski definition) is 1. The molecule has 3 aromatic rings. The second-order valence-electron chi connectivity index (χ2n) is 5.75. The van der Waals surface area contributed by atoms with Gasteiger partial charge in [0.1, 0.15) is 10.6 Å². The number of nitrogens with zero attached hydrogens (tertiary/aromatic N) is 5. The number of amides is 1. The summed E-state index contributed by atoms with van der Waals surface area (Å²) in [5.41, 5.74) is 1.51. The third kappa shape index (κ3) is 4.71. The first-order valence-electron chi connectivity index (χ1n) is 7.97. The molecule has 0 saturated heterocycles. The topological polar surface area (TPSA) is 94.3 Å². The zero-order chi connectivity index (χ0) is 22.1. The molecule has 2 aromatic heterocycles. The van der Waals surface area contributed by atoms with Crippen molar-refractivity contribution >= 4 is 46.9 Å². The molecule has 30 heavy (non-hydrogen) atoms. The normalized spacial score (nSPS) is 11.8. The quantitative estimate of drug-likeness (QED) is 0.431. The van der Waals surface area contributed by atoms with Gasteiger partial charge in [-0.1, -0.05) is 27.7 Å². The van der Waals surface area contributed by atoms with E-state index in [0.29, 0.717) is 33.6 Å². The summed E-state index contributed by atoms with van der Waals surface area (Å²) >= 11 is 12.3. The molecule has 2 heterocycles. The van der Waals surface area contributed by atoms with Crippen LogP contribution in [0.15, 0.2) is 23.3 Å². The lowest BCUT2D eigenvalue weighted by Crippen LogP contribution is -2.21. The third-order valence-corrected chi connectivity index (χ3v) is 4.89. The Balaban J connectivity index is 1.81. The fourth-order valence-corrected chi connectivity index (χ4v) is 3.34. The van der Waals surface area contributed by atoms with Gasteiger partial charge in [0, 0.05) is 12.1 Å². The average molecular weight is 479 g/mol. The number of rotatable bonds is 5. The van der Waals surface area contributed by atoms with Crippen LogP contribution in [0.4, 0.5) is 13.2 Å². The average Bonchev–Trinajstić information content (AvgIpc) is 3.24. The van der Waals surface area contributed by atoms with Crippen LogP contribution in [0, 0.1) is 6.92 Å². The number of carbonyl (C=O) groups is 1. The minimum absolute atomic E-state index is 0.241. The maximum Gasteiger partial charge on any atom is 0.436 e. The molecule has 14 heteroatoms. The predicted molar refractivity (Wildman–Crippen MR) is 104 cm³/mol. The summed E-state index contributed by atoms with van der Waals surface area (Å²) in [6, 6.07) is 4.64. The van der Waals surface area contributed by atoms with Crippen LogP contribution in [0.1, 0.15) is 26.6 Å². The van der Waals surface area contributed by atoms with Crippen LogP contribution in [0.25, 0.3) is 0 Å². The molecule has 0 bridgehead atoms. The van der Waals surface area contributed by atoms with Crippen LogP contribution >= 0.6 is 34.7 Å². The lowest BCUT2D eigenvalue weighted by molar-refractivity contribution is -0.141. The first-order chi connectivity index (χ1) is 14.1. The smallest absolute Gasteiger partial charge is 0.436 e. The van der Waals surface area contributed by atoms with Gasteiger partial charge in [-0.25, -0.2) is 10.1 Å². The van der Waals surface area contributed by atoms with E-state index in [-0.39, 0.29) is 10.9 Å². The molecule has 0 saturated carbocycles. The Hall–Kier alpha value is -2.70. The Labute approximate surface area is 181 Å². The number of nitrogens with one attached hydrogen (secondary N) is 1. The van der Waals surface area contributed by atoms with Gasteiger partial charge >= 0.3 is 6.18 Å². The van der Waals surface area contributed by atoms with Crippen LogP contribution < -0.4 is 10.2 Å². The van der Waals surface area contributed by atoms with Crippen molar-refractivity contribution in [1.29, 1.82) is 0 Å². The van der Waals surface area contributed by atoms with E-state index in [1.165, 1.54) is 17.0 Å². The molecule has 3 rings (SSSR count). The molecular formula is C16H11Cl2F3N6O2S. The maximum absolute atomic E-state index is 12.8. The molecule has 0 aliphatic heterocycles.